The van der Waals surface area contributed by atoms with Gasteiger partial charge in [-0.15, -0.1) is 0 Å². The Labute approximate surface area is 135 Å². The predicted octanol–water partition coefficient (Wildman–Crippen LogP) is 4.90. The first-order valence-corrected chi connectivity index (χ1v) is 9.21. The average Bonchev–Trinajstić information content (AvgIpc) is 2.49. The van der Waals surface area contributed by atoms with Gasteiger partial charge in [0.05, 0.1) is 6.61 Å². The molecule has 0 amide bonds. The van der Waals surface area contributed by atoms with E-state index in [1.54, 1.807) is 0 Å². The number of hydrogen-bond acceptors (Lipinski definition) is 3. The van der Waals surface area contributed by atoms with Crippen molar-refractivity contribution in [2.24, 2.45) is 5.92 Å². The van der Waals surface area contributed by atoms with E-state index in [0.29, 0.717) is 11.3 Å². The van der Waals surface area contributed by atoms with E-state index in [9.17, 15) is 0 Å². The first-order valence-electron chi connectivity index (χ1n) is 8.16. The minimum Gasteiger partial charge on any atom is -0.494 e. The van der Waals surface area contributed by atoms with Gasteiger partial charge in [0.15, 0.2) is 0 Å². The number of nitrogens with one attached hydrogen (secondary N) is 1. The highest BCUT2D eigenvalue weighted by atomic mass is 32.2. The van der Waals surface area contributed by atoms with Crippen molar-refractivity contribution < 1.29 is 4.74 Å². The van der Waals surface area contributed by atoms with Crippen LogP contribution in [0.25, 0.3) is 0 Å². The molecule has 0 spiro atoms. The molecule has 21 heavy (non-hydrogen) atoms. The van der Waals surface area contributed by atoms with Crippen molar-refractivity contribution in [2.45, 2.75) is 52.3 Å². The first-order chi connectivity index (χ1) is 10.1. The molecular weight excluding hydrogens is 278 g/mol. The second-order valence-electron chi connectivity index (χ2n) is 5.81. The number of ether oxygens (including phenoxy) is 1. The maximum atomic E-state index is 5.65. The molecule has 1 rings (SSSR count). The Kier molecular flexibility index (Phi) is 8.86. The van der Waals surface area contributed by atoms with Gasteiger partial charge in [0.2, 0.25) is 0 Å². The van der Waals surface area contributed by atoms with Crippen molar-refractivity contribution in [1.29, 1.82) is 0 Å². The second-order valence-corrected chi connectivity index (χ2v) is 7.22. The summed E-state index contributed by atoms with van der Waals surface area (Å²) in [5.74, 6) is 2.81. The average molecular weight is 310 g/mol. The highest BCUT2D eigenvalue weighted by Gasteiger charge is 2.14. The monoisotopic (exact) mass is 309 g/mol. The summed E-state index contributed by atoms with van der Waals surface area (Å²) in [4.78, 5) is 0. The van der Waals surface area contributed by atoms with E-state index in [-0.39, 0.29) is 0 Å². The smallest absolute Gasteiger partial charge is 0.119 e. The molecule has 0 saturated carbocycles. The summed E-state index contributed by atoms with van der Waals surface area (Å²) in [6.45, 7) is 13.0. The quantitative estimate of drug-likeness (QED) is 0.664. The second kappa shape index (κ2) is 10.1. The van der Waals surface area contributed by atoms with Crippen LogP contribution in [0.5, 0.6) is 5.75 Å². The topological polar surface area (TPSA) is 21.3 Å². The van der Waals surface area contributed by atoms with Crippen LogP contribution in [0.15, 0.2) is 24.3 Å². The minimum atomic E-state index is 0.418. The van der Waals surface area contributed by atoms with Crippen LogP contribution in [0.4, 0.5) is 0 Å². The van der Waals surface area contributed by atoms with Gasteiger partial charge < -0.3 is 10.1 Å². The number of hydrogen-bond donors (Lipinski definition) is 1. The lowest BCUT2D eigenvalue weighted by atomic mass is 10.1. The molecule has 2 atom stereocenters. The van der Waals surface area contributed by atoms with E-state index in [0.717, 1.165) is 37.0 Å². The van der Waals surface area contributed by atoms with Gasteiger partial charge in [-0.2, -0.15) is 11.8 Å². The Balaban J connectivity index is 2.62. The number of rotatable bonds is 10. The third kappa shape index (κ3) is 6.75. The highest BCUT2D eigenvalue weighted by Crippen LogP contribution is 2.26. The Hall–Kier alpha value is -0.670. The molecule has 0 aromatic heterocycles. The third-order valence-electron chi connectivity index (χ3n) is 3.67. The standard InChI is InChI=1S/C18H31NOS/c1-6-12-20-17-10-8-16(9-11-17)18(19-7-2)13-21-15(5)14(3)4/h8-11,14-15,18-19H,6-7,12-13H2,1-5H3. The molecule has 2 nitrogen and oxygen atoms in total. The van der Waals surface area contributed by atoms with Crippen LogP contribution < -0.4 is 10.1 Å². The van der Waals surface area contributed by atoms with Gasteiger partial charge in [-0.05, 0) is 36.6 Å². The van der Waals surface area contributed by atoms with Crippen LogP contribution >= 0.6 is 11.8 Å². The molecule has 0 aliphatic rings. The zero-order valence-electron chi connectivity index (χ0n) is 14.2. The molecule has 1 aromatic rings. The third-order valence-corrected chi connectivity index (χ3v) is 5.27. The summed E-state index contributed by atoms with van der Waals surface area (Å²) >= 11 is 2.05. The number of thioether (sulfide) groups is 1. The molecule has 0 radical (unpaired) electrons. The van der Waals surface area contributed by atoms with Crippen molar-refractivity contribution in [3.63, 3.8) is 0 Å². The van der Waals surface area contributed by atoms with Crippen molar-refractivity contribution in [2.75, 3.05) is 18.9 Å². The van der Waals surface area contributed by atoms with E-state index in [2.05, 4.69) is 76.0 Å². The van der Waals surface area contributed by atoms with Gasteiger partial charge in [0.1, 0.15) is 5.75 Å². The molecule has 2 unspecified atom stereocenters. The van der Waals surface area contributed by atoms with E-state index in [1.165, 1.54) is 5.56 Å². The van der Waals surface area contributed by atoms with Gasteiger partial charge in [-0.25, -0.2) is 0 Å². The zero-order valence-corrected chi connectivity index (χ0v) is 15.0. The van der Waals surface area contributed by atoms with Crippen molar-refractivity contribution >= 4 is 11.8 Å². The number of benzene rings is 1. The lowest BCUT2D eigenvalue weighted by molar-refractivity contribution is 0.317. The van der Waals surface area contributed by atoms with E-state index < -0.39 is 0 Å². The molecule has 0 bridgehead atoms. The molecule has 3 heteroatoms. The summed E-state index contributed by atoms with van der Waals surface area (Å²) in [6, 6.07) is 8.98. The Morgan fingerprint density at radius 1 is 1.10 bits per heavy atom. The minimum absolute atomic E-state index is 0.418. The normalized spacial score (nSPS) is 14.2. The van der Waals surface area contributed by atoms with Gasteiger partial charge in [0.25, 0.3) is 0 Å². The van der Waals surface area contributed by atoms with Gasteiger partial charge in [-0.1, -0.05) is 46.8 Å². The first kappa shape index (κ1) is 18.4. The fourth-order valence-corrected chi connectivity index (χ4v) is 3.17. The largest absolute Gasteiger partial charge is 0.494 e. The molecule has 0 saturated heterocycles. The lowest BCUT2D eigenvalue weighted by Crippen LogP contribution is -2.24. The van der Waals surface area contributed by atoms with E-state index >= 15 is 0 Å². The molecular formula is C18H31NOS. The Morgan fingerprint density at radius 3 is 2.29 bits per heavy atom. The summed E-state index contributed by atoms with van der Waals surface area (Å²) in [6.07, 6.45) is 1.05. The lowest BCUT2D eigenvalue weighted by Gasteiger charge is -2.22. The van der Waals surface area contributed by atoms with E-state index in [4.69, 9.17) is 4.74 Å². The zero-order chi connectivity index (χ0) is 15.7. The van der Waals surface area contributed by atoms with Crippen molar-refractivity contribution in [3.05, 3.63) is 29.8 Å². The SMILES string of the molecule is CCCOc1ccc(C(CSC(C)C(C)C)NCC)cc1. The molecule has 0 aliphatic heterocycles. The maximum absolute atomic E-state index is 5.65. The molecule has 0 aliphatic carbocycles. The van der Waals surface area contributed by atoms with Crippen LogP contribution in [0.3, 0.4) is 0 Å². The van der Waals surface area contributed by atoms with Gasteiger partial charge in [-0.3, -0.25) is 0 Å². The predicted molar refractivity (Wildman–Crippen MR) is 95.4 cm³/mol. The van der Waals surface area contributed by atoms with Crippen molar-refractivity contribution in [1.82, 2.24) is 5.32 Å². The summed E-state index contributed by atoms with van der Waals surface area (Å²) in [5, 5.41) is 4.29. The maximum Gasteiger partial charge on any atom is 0.119 e. The molecule has 1 N–H and O–H groups in total. The van der Waals surface area contributed by atoms with Crippen LogP contribution in [0.2, 0.25) is 0 Å². The summed E-state index contributed by atoms with van der Waals surface area (Å²) in [5.41, 5.74) is 1.35. The van der Waals surface area contributed by atoms with Crippen molar-refractivity contribution in [3.8, 4) is 5.75 Å². The molecule has 0 fully saturated rings. The summed E-state index contributed by atoms with van der Waals surface area (Å²) in [7, 11) is 0. The molecule has 120 valence electrons. The molecule has 0 heterocycles. The summed E-state index contributed by atoms with van der Waals surface area (Å²) < 4.78 is 5.65. The van der Waals surface area contributed by atoms with Crippen LogP contribution in [-0.4, -0.2) is 24.2 Å². The van der Waals surface area contributed by atoms with E-state index in [1.807, 2.05) is 0 Å². The van der Waals surface area contributed by atoms with Crippen LogP contribution in [-0.2, 0) is 0 Å². The fourth-order valence-electron chi connectivity index (χ4n) is 1.98. The highest BCUT2D eigenvalue weighted by molar-refractivity contribution is 7.99. The van der Waals surface area contributed by atoms with Crippen LogP contribution in [0.1, 0.15) is 52.6 Å². The van der Waals surface area contributed by atoms with Crippen LogP contribution in [0, 0.1) is 5.92 Å². The van der Waals surface area contributed by atoms with Gasteiger partial charge in [0, 0.05) is 17.0 Å². The molecule has 1 aromatic carbocycles. The Bertz CT molecular complexity index is 377. The fraction of sp³-hybridized carbons (Fsp3) is 0.667. The van der Waals surface area contributed by atoms with Gasteiger partial charge >= 0.3 is 0 Å². The Morgan fingerprint density at radius 2 is 1.76 bits per heavy atom.